The second-order valence-corrected chi connectivity index (χ2v) is 6.76. The van der Waals surface area contributed by atoms with E-state index in [0.29, 0.717) is 11.3 Å². The number of hydrogen-bond donors (Lipinski definition) is 1. The molecule has 5 nitrogen and oxygen atoms in total. The third-order valence-corrected chi connectivity index (χ3v) is 4.65. The Morgan fingerprint density at radius 3 is 2.67 bits per heavy atom. The van der Waals surface area contributed by atoms with Crippen LogP contribution in [0.2, 0.25) is 0 Å². The van der Waals surface area contributed by atoms with Crippen LogP contribution in [-0.2, 0) is 0 Å². The van der Waals surface area contributed by atoms with Crippen LogP contribution in [0.3, 0.4) is 0 Å². The highest BCUT2D eigenvalue weighted by Crippen LogP contribution is 2.26. The zero-order valence-corrected chi connectivity index (χ0v) is 15.5. The predicted octanol–water partition coefficient (Wildman–Crippen LogP) is 4.57. The number of rotatable bonds is 3. The van der Waals surface area contributed by atoms with E-state index in [1.165, 1.54) is 0 Å². The largest absolute Gasteiger partial charge is 0.322 e. The van der Waals surface area contributed by atoms with Crippen molar-refractivity contribution in [1.29, 1.82) is 0 Å². The summed E-state index contributed by atoms with van der Waals surface area (Å²) in [4.78, 5) is 21.6. The number of benzene rings is 2. The van der Waals surface area contributed by atoms with Crippen LogP contribution >= 0.6 is 0 Å². The highest BCUT2D eigenvalue weighted by atomic mass is 16.1. The average Bonchev–Trinajstić information content (AvgIpc) is 3.09. The van der Waals surface area contributed by atoms with E-state index in [2.05, 4.69) is 15.3 Å². The second-order valence-electron chi connectivity index (χ2n) is 6.76. The molecule has 1 N–H and O–H groups in total. The van der Waals surface area contributed by atoms with Gasteiger partial charge in [-0.05, 0) is 50.1 Å². The summed E-state index contributed by atoms with van der Waals surface area (Å²) in [5.74, 6) is 0.544. The molecule has 134 valence electrons. The molecule has 0 saturated heterocycles. The Bertz CT molecular complexity index is 1130. The van der Waals surface area contributed by atoms with Crippen molar-refractivity contribution in [3.05, 3.63) is 83.3 Å². The molecule has 0 saturated carbocycles. The zero-order valence-electron chi connectivity index (χ0n) is 15.5. The van der Waals surface area contributed by atoms with E-state index in [-0.39, 0.29) is 5.91 Å². The molecule has 27 heavy (non-hydrogen) atoms. The van der Waals surface area contributed by atoms with Gasteiger partial charge in [-0.15, -0.1) is 0 Å². The van der Waals surface area contributed by atoms with Crippen LogP contribution in [0.15, 0.2) is 61.1 Å². The van der Waals surface area contributed by atoms with Crippen molar-refractivity contribution >= 4 is 17.4 Å². The fourth-order valence-corrected chi connectivity index (χ4v) is 3.06. The molecule has 2 heterocycles. The third-order valence-electron chi connectivity index (χ3n) is 4.65. The standard InChI is InChI=1S/C22H20N4O/c1-14-5-6-15(2)18(11-14)21(27)24-19-12-17(8-7-16(19)3)20-13-26-10-4-9-23-22(26)25-20/h4-13H,1-3H3,(H,24,27). The van der Waals surface area contributed by atoms with Crippen molar-refractivity contribution in [3.63, 3.8) is 0 Å². The van der Waals surface area contributed by atoms with Crippen LogP contribution in [0.5, 0.6) is 0 Å². The number of aromatic nitrogens is 3. The fourth-order valence-electron chi connectivity index (χ4n) is 3.06. The SMILES string of the molecule is Cc1ccc(C)c(C(=O)Nc2cc(-c3cn4cccnc4n3)ccc2C)c1. The number of carbonyl (C=O) groups is 1. The number of hydrogen-bond acceptors (Lipinski definition) is 3. The minimum Gasteiger partial charge on any atom is -0.322 e. The molecule has 2 aromatic heterocycles. The molecular weight excluding hydrogens is 336 g/mol. The number of fused-ring (bicyclic) bond motifs is 1. The minimum absolute atomic E-state index is 0.104. The summed E-state index contributed by atoms with van der Waals surface area (Å²) in [6.07, 6.45) is 5.57. The van der Waals surface area contributed by atoms with E-state index >= 15 is 0 Å². The van der Waals surface area contributed by atoms with E-state index in [0.717, 1.165) is 33.6 Å². The molecule has 4 aromatic rings. The molecule has 0 aliphatic rings. The van der Waals surface area contributed by atoms with Gasteiger partial charge in [-0.25, -0.2) is 9.97 Å². The fraction of sp³-hybridized carbons (Fsp3) is 0.136. The quantitative estimate of drug-likeness (QED) is 0.585. The van der Waals surface area contributed by atoms with Gasteiger partial charge in [0.2, 0.25) is 5.78 Å². The molecule has 1 amide bonds. The van der Waals surface area contributed by atoms with Gasteiger partial charge in [0.15, 0.2) is 0 Å². The lowest BCUT2D eigenvalue weighted by molar-refractivity contribution is 0.102. The Hall–Kier alpha value is -3.47. The van der Waals surface area contributed by atoms with Crippen LogP contribution in [0, 0.1) is 20.8 Å². The molecule has 5 heteroatoms. The molecule has 4 rings (SSSR count). The van der Waals surface area contributed by atoms with Crippen molar-refractivity contribution in [1.82, 2.24) is 14.4 Å². The Balaban J connectivity index is 1.68. The number of carbonyl (C=O) groups excluding carboxylic acids is 1. The van der Waals surface area contributed by atoms with E-state index in [1.54, 1.807) is 6.20 Å². The molecular formula is C22H20N4O. The van der Waals surface area contributed by atoms with E-state index in [1.807, 2.05) is 80.0 Å². The Kier molecular flexibility index (Phi) is 4.20. The zero-order chi connectivity index (χ0) is 19.0. The van der Waals surface area contributed by atoms with Gasteiger partial charge >= 0.3 is 0 Å². The molecule has 0 radical (unpaired) electrons. The number of amides is 1. The first-order valence-corrected chi connectivity index (χ1v) is 8.80. The molecule has 0 unspecified atom stereocenters. The van der Waals surface area contributed by atoms with E-state index < -0.39 is 0 Å². The smallest absolute Gasteiger partial charge is 0.255 e. The summed E-state index contributed by atoms with van der Waals surface area (Å²) in [5.41, 5.74) is 6.24. The van der Waals surface area contributed by atoms with Crippen molar-refractivity contribution in [2.24, 2.45) is 0 Å². The summed E-state index contributed by atoms with van der Waals surface area (Å²) >= 11 is 0. The Morgan fingerprint density at radius 1 is 1.04 bits per heavy atom. The average molecular weight is 356 g/mol. The molecule has 0 aliphatic heterocycles. The molecule has 0 aliphatic carbocycles. The lowest BCUT2D eigenvalue weighted by atomic mass is 10.0. The van der Waals surface area contributed by atoms with E-state index in [4.69, 9.17) is 0 Å². The summed E-state index contributed by atoms with van der Waals surface area (Å²) in [7, 11) is 0. The normalized spacial score (nSPS) is 10.9. The monoisotopic (exact) mass is 356 g/mol. The highest BCUT2D eigenvalue weighted by Gasteiger charge is 2.13. The second kappa shape index (κ2) is 6.68. The van der Waals surface area contributed by atoms with Crippen LogP contribution in [0.4, 0.5) is 5.69 Å². The Morgan fingerprint density at radius 2 is 1.85 bits per heavy atom. The summed E-state index contributed by atoms with van der Waals surface area (Å²) < 4.78 is 1.88. The summed E-state index contributed by atoms with van der Waals surface area (Å²) in [6.45, 7) is 5.91. The van der Waals surface area contributed by atoms with E-state index in [9.17, 15) is 4.79 Å². The van der Waals surface area contributed by atoms with Crippen molar-refractivity contribution in [2.75, 3.05) is 5.32 Å². The van der Waals surface area contributed by atoms with Gasteiger partial charge in [0.1, 0.15) is 0 Å². The summed E-state index contributed by atoms with van der Waals surface area (Å²) in [5, 5.41) is 3.05. The first kappa shape index (κ1) is 17.0. The number of nitrogens with one attached hydrogen (secondary N) is 1. The van der Waals surface area contributed by atoms with Crippen molar-refractivity contribution in [3.8, 4) is 11.3 Å². The van der Waals surface area contributed by atoms with Gasteiger partial charge in [-0.2, -0.15) is 0 Å². The topological polar surface area (TPSA) is 59.3 Å². The highest BCUT2D eigenvalue weighted by molar-refractivity contribution is 6.06. The number of nitrogens with zero attached hydrogens (tertiary/aromatic N) is 3. The van der Waals surface area contributed by atoms with Gasteiger partial charge in [0, 0.05) is 35.4 Å². The number of anilines is 1. The van der Waals surface area contributed by atoms with Gasteiger partial charge in [0.05, 0.1) is 5.69 Å². The van der Waals surface area contributed by atoms with Crippen molar-refractivity contribution < 1.29 is 4.79 Å². The van der Waals surface area contributed by atoms with Crippen LogP contribution in [0.1, 0.15) is 27.0 Å². The lowest BCUT2D eigenvalue weighted by Crippen LogP contribution is -2.14. The minimum atomic E-state index is -0.104. The molecule has 0 fully saturated rings. The van der Waals surface area contributed by atoms with Gasteiger partial charge in [0.25, 0.3) is 5.91 Å². The van der Waals surface area contributed by atoms with Crippen LogP contribution in [0.25, 0.3) is 17.0 Å². The van der Waals surface area contributed by atoms with Crippen LogP contribution in [-0.4, -0.2) is 20.3 Å². The molecule has 0 spiro atoms. The predicted molar refractivity (Wildman–Crippen MR) is 107 cm³/mol. The van der Waals surface area contributed by atoms with Crippen LogP contribution < -0.4 is 5.32 Å². The van der Waals surface area contributed by atoms with Crippen molar-refractivity contribution in [2.45, 2.75) is 20.8 Å². The first-order valence-electron chi connectivity index (χ1n) is 8.80. The van der Waals surface area contributed by atoms with Gasteiger partial charge in [-0.1, -0.05) is 29.8 Å². The van der Waals surface area contributed by atoms with Gasteiger partial charge < -0.3 is 5.32 Å². The third kappa shape index (κ3) is 3.31. The Labute approximate surface area is 157 Å². The molecule has 0 atom stereocenters. The maximum absolute atomic E-state index is 12.8. The van der Waals surface area contributed by atoms with Gasteiger partial charge in [-0.3, -0.25) is 9.20 Å². The summed E-state index contributed by atoms with van der Waals surface area (Å²) in [6, 6.07) is 13.7. The molecule has 0 bridgehead atoms. The first-order chi connectivity index (χ1) is 13.0. The number of aryl methyl sites for hydroxylation is 3. The maximum atomic E-state index is 12.8. The lowest BCUT2D eigenvalue weighted by Gasteiger charge is -2.12. The molecule has 2 aromatic carbocycles. The maximum Gasteiger partial charge on any atom is 0.255 e. The number of imidazole rings is 1.